The Morgan fingerprint density at radius 3 is 2.18 bits per heavy atom. The van der Waals surface area contributed by atoms with Gasteiger partial charge in [-0.15, -0.1) is 0 Å². The molecule has 1 aromatic carbocycles. The molecule has 0 saturated carbocycles. The Morgan fingerprint density at radius 2 is 1.64 bits per heavy atom. The number of piperidine rings is 1. The van der Waals surface area contributed by atoms with E-state index in [0.29, 0.717) is 5.56 Å². The maximum atomic E-state index is 12.4. The summed E-state index contributed by atoms with van der Waals surface area (Å²) in [4.78, 5) is 38.2. The van der Waals surface area contributed by atoms with Crippen LogP contribution in [0.1, 0.15) is 69.8 Å². The molecule has 0 aliphatic carbocycles. The fourth-order valence-corrected chi connectivity index (χ4v) is 3.56. The highest BCUT2D eigenvalue weighted by Gasteiger charge is 2.29. The van der Waals surface area contributed by atoms with Crippen molar-refractivity contribution in [3.05, 3.63) is 35.4 Å². The molecule has 6 nitrogen and oxygen atoms in total. The lowest BCUT2D eigenvalue weighted by Crippen LogP contribution is -2.49. The zero-order valence-corrected chi connectivity index (χ0v) is 17.6. The van der Waals surface area contributed by atoms with Crippen molar-refractivity contribution >= 4 is 17.8 Å². The molecular weight excluding hydrogens is 356 g/mol. The number of hydrogen-bond donors (Lipinski definition) is 1. The Hall–Kier alpha value is -2.37. The van der Waals surface area contributed by atoms with Gasteiger partial charge in [0.25, 0.3) is 11.8 Å². The number of nitrogens with one attached hydrogen (secondary N) is 1. The summed E-state index contributed by atoms with van der Waals surface area (Å²) in [6.45, 7) is 9.78. The number of amides is 2. The van der Waals surface area contributed by atoms with Gasteiger partial charge in [0.15, 0.2) is 6.61 Å². The highest BCUT2D eigenvalue weighted by molar-refractivity contribution is 5.96. The first-order valence-corrected chi connectivity index (χ1v) is 9.95. The first-order chi connectivity index (χ1) is 13.1. The van der Waals surface area contributed by atoms with E-state index in [1.807, 2.05) is 26.0 Å². The molecule has 154 valence electrons. The Kier molecular flexibility index (Phi) is 7.22. The number of likely N-dealkylation sites (tertiary alicyclic amines) is 1. The number of esters is 1. The smallest absolute Gasteiger partial charge is 0.325 e. The number of hydrogen-bond acceptors (Lipinski definition) is 4. The van der Waals surface area contributed by atoms with Crippen molar-refractivity contribution in [3.8, 4) is 0 Å². The third kappa shape index (κ3) is 5.81. The third-order valence-electron chi connectivity index (χ3n) is 5.24. The first-order valence-electron chi connectivity index (χ1n) is 9.95. The second kappa shape index (κ2) is 9.22. The molecular formula is C22H32N2O4. The van der Waals surface area contributed by atoms with Crippen molar-refractivity contribution in [2.24, 2.45) is 0 Å². The Morgan fingerprint density at radius 1 is 1.07 bits per heavy atom. The second-order valence-electron chi connectivity index (χ2n) is 8.60. The Bertz CT molecular complexity index is 696. The molecule has 0 aromatic heterocycles. The molecule has 28 heavy (non-hydrogen) atoms. The van der Waals surface area contributed by atoms with Gasteiger partial charge in [0.1, 0.15) is 6.54 Å². The van der Waals surface area contributed by atoms with E-state index >= 15 is 0 Å². The van der Waals surface area contributed by atoms with Crippen LogP contribution in [0.25, 0.3) is 0 Å². The maximum absolute atomic E-state index is 12.4. The highest BCUT2D eigenvalue weighted by atomic mass is 16.5. The summed E-state index contributed by atoms with van der Waals surface area (Å²) < 4.78 is 5.06. The Labute approximate surface area is 167 Å². The van der Waals surface area contributed by atoms with Gasteiger partial charge in [-0.25, -0.2) is 0 Å². The van der Waals surface area contributed by atoms with Crippen molar-refractivity contribution < 1.29 is 19.1 Å². The number of ether oxygens (including phenoxy) is 1. The lowest BCUT2D eigenvalue weighted by atomic mass is 9.87. The van der Waals surface area contributed by atoms with Crippen molar-refractivity contribution in [1.82, 2.24) is 10.2 Å². The molecule has 1 heterocycles. The minimum absolute atomic E-state index is 0.00863. The summed E-state index contributed by atoms with van der Waals surface area (Å²) in [5.41, 5.74) is 1.62. The van der Waals surface area contributed by atoms with Gasteiger partial charge < -0.3 is 15.0 Å². The molecule has 2 atom stereocenters. The van der Waals surface area contributed by atoms with Crippen molar-refractivity contribution in [2.45, 2.75) is 71.4 Å². The predicted molar refractivity (Wildman–Crippen MR) is 108 cm³/mol. The fourth-order valence-electron chi connectivity index (χ4n) is 3.56. The van der Waals surface area contributed by atoms with Crippen LogP contribution in [0.15, 0.2) is 24.3 Å². The molecule has 0 unspecified atom stereocenters. The summed E-state index contributed by atoms with van der Waals surface area (Å²) in [5.74, 6) is -1.15. The molecule has 1 aliphatic rings. The Balaban J connectivity index is 1.79. The molecule has 2 rings (SSSR count). The zero-order valence-electron chi connectivity index (χ0n) is 17.6. The summed E-state index contributed by atoms with van der Waals surface area (Å²) in [7, 11) is 0. The molecule has 1 fully saturated rings. The van der Waals surface area contributed by atoms with E-state index < -0.39 is 5.97 Å². The van der Waals surface area contributed by atoms with Gasteiger partial charge >= 0.3 is 5.97 Å². The van der Waals surface area contributed by atoms with Crippen molar-refractivity contribution in [3.63, 3.8) is 0 Å². The predicted octanol–water partition coefficient (Wildman–Crippen LogP) is 3.05. The van der Waals surface area contributed by atoms with E-state index in [4.69, 9.17) is 4.74 Å². The van der Waals surface area contributed by atoms with Crippen LogP contribution in [0.2, 0.25) is 0 Å². The first kappa shape index (κ1) is 21.9. The van der Waals surface area contributed by atoms with Crippen LogP contribution < -0.4 is 5.32 Å². The summed E-state index contributed by atoms with van der Waals surface area (Å²) in [6, 6.07) is 7.62. The number of carbonyl (C=O) groups excluding carboxylic acids is 3. The fraction of sp³-hybridized carbons (Fsp3) is 0.591. The average molecular weight is 389 g/mol. The van der Waals surface area contributed by atoms with Crippen LogP contribution in [0.5, 0.6) is 0 Å². The number of rotatable bonds is 5. The van der Waals surface area contributed by atoms with E-state index in [1.165, 1.54) is 0 Å². The molecule has 1 aliphatic heterocycles. The van der Waals surface area contributed by atoms with Crippen LogP contribution in [0.4, 0.5) is 0 Å². The summed E-state index contributed by atoms with van der Waals surface area (Å²) in [6.07, 6.45) is 3.04. The quantitative estimate of drug-likeness (QED) is 0.787. The number of benzene rings is 1. The van der Waals surface area contributed by atoms with Gasteiger partial charge in [-0.3, -0.25) is 14.4 Å². The van der Waals surface area contributed by atoms with Crippen LogP contribution >= 0.6 is 0 Å². The van der Waals surface area contributed by atoms with Gasteiger partial charge in [0, 0.05) is 17.6 Å². The minimum atomic E-state index is -0.620. The van der Waals surface area contributed by atoms with E-state index in [1.54, 1.807) is 17.0 Å². The lowest BCUT2D eigenvalue weighted by molar-refractivity contribution is -0.154. The van der Waals surface area contributed by atoms with Crippen LogP contribution in [-0.2, 0) is 19.7 Å². The molecule has 0 spiro atoms. The van der Waals surface area contributed by atoms with Crippen LogP contribution in [-0.4, -0.2) is 47.9 Å². The lowest BCUT2D eigenvalue weighted by Gasteiger charge is -2.38. The van der Waals surface area contributed by atoms with Crippen molar-refractivity contribution in [2.75, 3.05) is 13.2 Å². The second-order valence-corrected chi connectivity index (χ2v) is 8.60. The van der Waals surface area contributed by atoms with E-state index in [2.05, 4.69) is 26.1 Å². The molecule has 0 radical (unpaired) electrons. The zero-order chi connectivity index (χ0) is 20.9. The topological polar surface area (TPSA) is 75.7 Å². The third-order valence-corrected chi connectivity index (χ3v) is 5.24. The standard InChI is InChI=1S/C22H32N2O4/c1-15-7-6-8-16(2)24(15)19(25)14-28-20(26)13-23-21(27)17-9-11-18(12-10-17)22(3,4)5/h9-12,15-16H,6-8,13-14H2,1-5H3,(H,23,27)/t15-,16-/m1/s1. The van der Waals surface area contributed by atoms with Crippen LogP contribution in [0.3, 0.4) is 0 Å². The van der Waals surface area contributed by atoms with E-state index in [9.17, 15) is 14.4 Å². The summed E-state index contributed by atoms with van der Waals surface area (Å²) in [5, 5.41) is 2.54. The summed E-state index contributed by atoms with van der Waals surface area (Å²) >= 11 is 0. The van der Waals surface area contributed by atoms with Gasteiger partial charge in [-0.1, -0.05) is 32.9 Å². The maximum Gasteiger partial charge on any atom is 0.325 e. The molecule has 0 bridgehead atoms. The van der Waals surface area contributed by atoms with Gasteiger partial charge in [0.05, 0.1) is 0 Å². The molecule has 1 N–H and O–H groups in total. The van der Waals surface area contributed by atoms with Crippen LogP contribution in [0, 0.1) is 0 Å². The molecule has 2 amide bonds. The van der Waals surface area contributed by atoms with Gasteiger partial charge in [-0.05, 0) is 56.2 Å². The average Bonchev–Trinajstić information content (AvgIpc) is 2.63. The van der Waals surface area contributed by atoms with Gasteiger partial charge in [-0.2, -0.15) is 0 Å². The molecule has 1 aromatic rings. The monoisotopic (exact) mass is 388 g/mol. The SMILES string of the molecule is C[C@@H]1CCC[C@@H](C)N1C(=O)COC(=O)CNC(=O)c1ccc(C(C)(C)C)cc1. The minimum Gasteiger partial charge on any atom is -0.454 e. The largest absolute Gasteiger partial charge is 0.454 e. The van der Waals surface area contributed by atoms with Crippen molar-refractivity contribution in [1.29, 1.82) is 0 Å². The van der Waals surface area contributed by atoms with E-state index in [-0.39, 0.29) is 42.5 Å². The van der Waals surface area contributed by atoms with E-state index in [0.717, 1.165) is 24.8 Å². The normalized spacial score (nSPS) is 19.8. The molecule has 6 heteroatoms. The number of carbonyl (C=O) groups is 3. The number of nitrogens with zero attached hydrogens (tertiary/aromatic N) is 1. The molecule has 1 saturated heterocycles. The highest BCUT2D eigenvalue weighted by Crippen LogP contribution is 2.23. The van der Waals surface area contributed by atoms with Gasteiger partial charge in [0.2, 0.25) is 0 Å².